The number of methoxy groups -OCH3 is 1. The number of halogens is 1. The monoisotopic (exact) mass is 404 g/mol. The SMILES string of the molecule is COC(=O)CC(NC(=O)c1nc(-c2ccco2)sc1C)c1ccccc1Cl. The van der Waals surface area contributed by atoms with E-state index in [2.05, 4.69) is 10.3 Å². The lowest BCUT2D eigenvalue weighted by atomic mass is 10.0. The number of amides is 1. The third kappa shape index (κ3) is 4.37. The molecule has 3 rings (SSSR count). The number of hydrogen-bond acceptors (Lipinski definition) is 6. The van der Waals surface area contributed by atoms with Crippen molar-refractivity contribution in [2.24, 2.45) is 0 Å². The van der Waals surface area contributed by atoms with Crippen LogP contribution >= 0.6 is 22.9 Å². The summed E-state index contributed by atoms with van der Waals surface area (Å²) in [6, 6.07) is 9.95. The molecule has 0 aliphatic rings. The van der Waals surface area contributed by atoms with Gasteiger partial charge in [0.25, 0.3) is 5.91 Å². The summed E-state index contributed by atoms with van der Waals surface area (Å²) in [5.41, 5.74) is 0.922. The van der Waals surface area contributed by atoms with Crippen LogP contribution in [-0.4, -0.2) is 24.0 Å². The highest BCUT2D eigenvalue weighted by Gasteiger charge is 2.24. The highest BCUT2D eigenvalue weighted by atomic mass is 35.5. The molecule has 2 heterocycles. The minimum Gasteiger partial charge on any atom is -0.469 e. The summed E-state index contributed by atoms with van der Waals surface area (Å²) in [5.74, 6) is -0.249. The van der Waals surface area contributed by atoms with Gasteiger partial charge in [-0.1, -0.05) is 29.8 Å². The Hall–Kier alpha value is -2.64. The number of aryl methyl sites for hydroxylation is 1. The number of rotatable bonds is 6. The van der Waals surface area contributed by atoms with Gasteiger partial charge in [-0.15, -0.1) is 11.3 Å². The first-order valence-electron chi connectivity index (χ1n) is 8.13. The average molecular weight is 405 g/mol. The number of nitrogens with zero attached hydrogens (tertiary/aromatic N) is 1. The molecule has 6 nitrogen and oxygen atoms in total. The van der Waals surface area contributed by atoms with Crippen LogP contribution in [0.5, 0.6) is 0 Å². The fourth-order valence-corrected chi connectivity index (χ4v) is 3.73. The van der Waals surface area contributed by atoms with Crippen molar-refractivity contribution in [2.75, 3.05) is 7.11 Å². The van der Waals surface area contributed by atoms with Gasteiger partial charge < -0.3 is 14.5 Å². The third-order valence-corrected chi connectivity index (χ3v) is 5.26. The van der Waals surface area contributed by atoms with Crippen LogP contribution in [0.4, 0.5) is 0 Å². The second kappa shape index (κ2) is 8.37. The third-order valence-electron chi connectivity index (χ3n) is 3.93. The summed E-state index contributed by atoms with van der Waals surface area (Å²) in [6.45, 7) is 1.81. The van der Waals surface area contributed by atoms with E-state index in [9.17, 15) is 9.59 Å². The first kappa shape index (κ1) is 19.1. The lowest BCUT2D eigenvalue weighted by molar-refractivity contribution is -0.141. The van der Waals surface area contributed by atoms with E-state index >= 15 is 0 Å². The normalized spacial score (nSPS) is 11.8. The lowest BCUT2D eigenvalue weighted by Crippen LogP contribution is -2.31. The number of aromatic nitrogens is 1. The van der Waals surface area contributed by atoms with Crippen LogP contribution in [0.1, 0.15) is 33.4 Å². The predicted octanol–water partition coefficient (Wildman–Crippen LogP) is 4.40. The molecule has 8 heteroatoms. The minimum atomic E-state index is -0.633. The molecular weight excluding hydrogens is 388 g/mol. The first-order valence-corrected chi connectivity index (χ1v) is 9.32. The van der Waals surface area contributed by atoms with Crippen molar-refractivity contribution in [3.63, 3.8) is 0 Å². The summed E-state index contributed by atoms with van der Waals surface area (Å²) < 4.78 is 10.1. The van der Waals surface area contributed by atoms with E-state index in [1.54, 1.807) is 42.7 Å². The second-order valence-electron chi connectivity index (χ2n) is 5.73. The van der Waals surface area contributed by atoms with Crippen LogP contribution in [0.15, 0.2) is 47.1 Å². The quantitative estimate of drug-likeness (QED) is 0.616. The number of thiazole rings is 1. The van der Waals surface area contributed by atoms with Gasteiger partial charge >= 0.3 is 5.97 Å². The van der Waals surface area contributed by atoms with Crippen LogP contribution in [0.25, 0.3) is 10.8 Å². The molecule has 1 unspecified atom stereocenters. The topological polar surface area (TPSA) is 81.4 Å². The molecule has 27 heavy (non-hydrogen) atoms. The van der Waals surface area contributed by atoms with Gasteiger partial charge in [0, 0.05) is 9.90 Å². The summed E-state index contributed by atoms with van der Waals surface area (Å²) >= 11 is 7.61. The van der Waals surface area contributed by atoms with Gasteiger partial charge in [0.15, 0.2) is 10.8 Å². The Balaban J connectivity index is 1.86. The van der Waals surface area contributed by atoms with Crippen molar-refractivity contribution in [1.29, 1.82) is 0 Å². The summed E-state index contributed by atoms with van der Waals surface area (Å²) in [5, 5.41) is 3.92. The Kier molecular flexibility index (Phi) is 5.93. The number of furan rings is 1. The fraction of sp³-hybridized carbons (Fsp3) is 0.211. The molecule has 1 amide bonds. The molecule has 0 saturated heterocycles. The molecule has 0 radical (unpaired) electrons. The van der Waals surface area contributed by atoms with E-state index in [0.29, 0.717) is 21.4 Å². The van der Waals surface area contributed by atoms with Gasteiger partial charge in [0.1, 0.15) is 5.69 Å². The second-order valence-corrected chi connectivity index (χ2v) is 7.34. The summed E-state index contributed by atoms with van der Waals surface area (Å²) in [4.78, 5) is 29.8. The smallest absolute Gasteiger partial charge is 0.307 e. The number of esters is 1. The number of benzene rings is 1. The number of ether oxygens (including phenoxy) is 1. The van der Waals surface area contributed by atoms with E-state index in [1.165, 1.54) is 18.4 Å². The molecule has 1 aromatic carbocycles. The zero-order valence-corrected chi connectivity index (χ0v) is 16.3. The molecule has 0 saturated carbocycles. The van der Waals surface area contributed by atoms with Gasteiger partial charge in [0.2, 0.25) is 0 Å². The van der Waals surface area contributed by atoms with Crippen LogP contribution in [0.3, 0.4) is 0 Å². The maximum absolute atomic E-state index is 12.8. The molecule has 1 atom stereocenters. The molecular formula is C19H17ClN2O4S. The Labute approximate surface area is 165 Å². The number of carbonyl (C=O) groups excluding carboxylic acids is 2. The Bertz CT molecular complexity index is 953. The Morgan fingerprint density at radius 2 is 2.07 bits per heavy atom. The standard InChI is InChI=1S/C19H17ClN2O4S/c1-11-17(22-19(27-11)15-8-5-9-26-15)18(24)21-14(10-16(23)25-2)12-6-3-4-7-13(12)20/h3-9,14H,10H2,1-2H3,(H,21,24). The molecule has 1 N–H and O–H groups in total. The van der Waals surface area contributed by atoms with Gasteiger partial charge in [0.05, 0.1) is 25.8 Å². The Morgan fingerprint density at radius 3 is 2.74 bits per heavy atom. The van der Waals surface area contributed by atoms with Crippen molar-refractivity contribution in [2.45, 2.75) is 19.4 Å². The molecule has 0 bridgehead atoms. The number of carbonyl (C=O) groups is 2. The zero-order valence-electron chi connectivity index (χ0n) is 14.7. The van der Waals surface area contributed by atoms with Gasteiger partial charge in [-0.2, -0.15) is 0 Å². The number of nitrogens with one attached hydrogen (secondary N) is 1. The van der Waals surface area contributed by atoms with Gasteiger partial charge in [-0.3, -0.25) is 9.59 Å². The molecule has 0 spiro atoms. The fourth-order valence-electron chi connectivity index (χ4n) is 2.59. The van der Waals surface area contributed by atoms with E-state index in [-0.39, 0.29) is 12.1 Å². The maximum atomic E-state index is 12.8. The summed E-state index contributed by atoms with van der Waals surface area (Å²) in [6.07, 6.45) is 1.51. The first-order chi connectivity index (χ1) is 13.0. The van der Waals surface area contributed by atoms with E-state index in [0.717, 1.165) is 4.88 Å². The minimum absolute atomic E-state index is 0.0415. The van der Waals surface area contributed by atoms with Crippen molar-refractivity contribution >= 4 is 34.8 Å². The van der Waals surface area contributed by atoms with E-state index < -0.39 is 17.9 Å². The molecule has 3 aromatic rings. The maximum Gasteiger partial charge on any atom is 0.307 e. The summed E-state index contributed by atoms with van der Waals surface area (Å²) in [7, 11) is 1.30. The van der Waals surface area contributed by atoms with Crippen molar-refractivity contribution in [3.8, 4) is 10.8 Å². The highest BCUT2D eigenvalue weighted by molar-refractivity contribution is 7.15. The molecule has 140 valence electrons. The average Bonchev–Trinajstić information content (AvgIpc) is 3.31. The highest BCUT2D eigenvalue weighted by Crippen LogP contribution is 2.29. The van der Waals surface area contributed by atoms with Crippen LogP contribution in [-0.2, 0) is 9.53 Å². The molecule has 0 fully saturated rings. The van der Waals surface area contributed by atoms with Crippen molar-refractivity contribution < 1.29 is 18.7 Å². The molecule has 2 aromatic heterocycles. The van der Waals surface area contributed by atoms with Gasteiger partial charge in [-0.25, -0.2) is 4.98 Å². The largest absolute Gasteiger partial charge is 0.469 e. The Morgan fingerprint density at radius 1 is 1.30 bits per heavy atom. The molecule has 0 aliphatic carbocycles. The van der Waals surface area contributed by atoms with Gasteiger partial charge in [-0.05, 0) is 30.7 Å². The lowest BCUT2D eigenvalue weighted by Gasteiger charge is -2.19. The number of hydrogen-bond donors (Lipinski definition) is 1. The predicted molar refractivity (Wildman–Crippen MR) is 103 cm³/mol. The van der Waals surface area contributed by atoms with Crippen LogP contribution in [0.2, 0.25) is 5.02 Å². The molecule has 0 aliphatic heterocycles. The van der Waals surface area contributed by atoms with Crippen LogP contribution < -0.4 is 5.32 Å². The van der Waals surface area contributed by atoms with E-state index in [4.69, 9.17) is 20.8 Å². The zero-order chi connectivity index (χ0) is 19.4. The van der Waals surface area contributed by atoms with E-state index in [1.807, 2.05) is 6.92 Å². The van der Waals surface area contributed by atoms with Crippen molar-refractivity contribution in [3.05, 3.63) is 63.8 Å². The van der Waals surface area contributed by atoms with Crippen molar-refractivity contribution in [1.82, 2.24) is 10.3 Å². The van der Waals surface area contributed by atoms with Crippen LogP contribution in [0, 0.1) is 6.92 Å².